The van der Waals surface area contributed by atoms with Crippen LogP contribution in [0.5, 0.6) is 0 Å². The molecule has 1 amide bonds. The molecule has 0 aromatic carbocycles. The minimum atomic E-state index is -0.155. The van der Waals surface area contributed by atoms with Gasteiger partial charge in [0.15, 0.2) is 0 Å². The van der Waals surface area contributed by atoms with E-state index in [-0.39, 0.29) is 25.2 Å². The minimum Gasteiger partial charge on any atom is -0.392 e. The van der Waals surface area contributed by atoms with Gasteiger partial charge in [0.1, 0.15) is 0 Å². The van der Waals surface area contributed by atoms with E-state index in [1.54, 1.807) is 24.3 Å². The molecule has 2 heterocycles. The highest BCUT2D eigenvalue weighted by Gasteiger charge is 2.14. The monoisotopic (exact) mass is 463 g/mol. The highest BCUT2D eigenvalue weighted by molar-refractivity contribution is 8.00. The molecule has 10 heteroatoms. The fraction of sp³-hybridized carbons (Fsp3) is 0.389. The van der Waals surface area contributed by atoms with Crippen LogP contribution in [-0.4, -0.2) is 49.8 Å². The summed E-state index contributed by atoms with van der Waals surface area (Å²) in [7, 11) is 1.77. The van der Waals surface area contributed by atoms with Gasteiger partial charge in [-0.3, -0.25) is 14.8 Å². The summed E-state index contributed by atoms with van der Waals surface area (Å²) in [5, 5.41) is 18.9. The Bertz CT molecular complexity index is 774. The smallest absolute Gasteiger partial charge is 0.232 e. The number of halogens is 2. The summed E-state index contributed by atoms with van der Waals surface area (Å²) in [6.07, 6.45) is 6.12. The number of aliphatic hydroxyl groups is 2. The molecular formula is C18H23Cl2N3O3S2. The number of aromatic nitrogens is 2. The number of pyridine rings is 2. The maximum atomic E-state index is 11.8. The Morgan fingerprint density at radius 1 is 1.11 bits per heavy atom. The molecule has 2 aromatic rings. The standard InChI is InChI=1S/C12H17ClN2O2S.C6H6ClNOS/c1-8(2)15(3)12(17)7-18-11-5-14-4-10(13)9(11)6-16;7-5-1-8-2-6(10)4(5)3-9/h4-5,8,16H,6-7H2,1-3H3;1-2,9-10H,3H2. The number of rotatable bonds is 6. The summed E-state index contributed by atoms with van der Waals surface area (Å²) in [6.45, 7) is 3.67. The molecule has 0 aliphatic rings. The number of hydrogen-bond acceptors (Lipinski definition) is 7. The molecule has 0 aliphatic carbocycles. The summed E-state index contributed by atoms with van der Waals surface area (Å²) < 4.78 is 0. The fourth-order valence-corrected chi connectivity index (χ4v) is 3.64. The van der Waals surface area contributed by atoms with Crippen LogP contribution in [0.3, 0.4) is 0 Å². The van der Waals surface area contributed by atoms with Crippen LogP contribution in [0.25, 0.3) is 0 Å². The van der Waals surface area contributed by atoms with Crippen LogP contribution in [0.1, 0.15) is 25.0 Å². The molecule has 2 aromatic heterocycles. The van der Waals surface area contributed by atoms with Gasteiger partial charge in [-0.15, -0.1) is 24.4 Å². The molecule has 0 fully saturated rings. The summed E-state index contributed by atoms with van der Waals surface area (Å²) in [5.41, 5.74) is 1.25. The summed E-state index contributed by atoms with van der Waals surface area (Å²) in [4.78, 5) is 22.6. The van der Waals surface area contributed by atoms with E-state index in [1.807, 2.05) is 13.8 Å². The third-order valence-corrected chi connectivity index (χ3v) is 5.87. The van der Waals surface area contributed by atoms with Crippen molar-refractivity contribution in [2.75, 3.05) is 12.8 Å². The van der Waals surface area contributed by atoms with Crippen LogP contribution in [0, 0.1) is 0 Å². The summed E-state index contributed by atoms with van der Waals surface area (Å²) >= 11 is 17.0. The van der Waals surface area contributed by atoms with E-state index in [1.165, 1.54) is 24.2 Å². The lowest BCUT2D eigenvalue weighted by Gasteiger charge is -2.21. The second-order valence-electron chi connectivity index (χ2n) is 5.92. The Hall–Kier alpha value is -1.03. The molecule has 0 radical (unpaired) electrons. The number of aliphatic hydroxyl groups excluding tert-OH is 2. The van der Waals surface area contributed by atoms with Crippen molar-refractivity contribution >= 4 is 53.5 Å². The maximum Gasteiger partial charge on any atom is 0.232 e. The highest BCUT2D eigenvalue weighted by Crippen LogP contribution is 2.27. The lowest BCUT2D eigenvalue weighted by atomic mass is 10.3. The zero-order chi connectivity index (χ0) is 21.3. The number of carbonyl (C=O) groups is 1. The van der Waals surface area contributed by atoms with E-state index >= 15 is 0 Å². The predicted octanol–water partition coefficient (Wildman–Crippen LogP) is 3.70. The quantitative estimate of drug-likeness (QED) is 0.447. The maximum absolute atomic E-state index is 11.8. The van der Waals surface area contributed by atoms with E-state index in [4.69, 9.17) is 28.3 Å². The Labute approximate surface area is 184 Å². The highest BCUT2D eigenvalue weighted by atomic mass is 35.5. The lowest BCUT2D eigenvalue weighted by Crippen LogP contribution is -2.34. The first-order valence-electron chi connectivity index (χ1n) is 8.26. The Kier molecular flexibility index (Phi) is 11.2. The van der Waals surface area contributed by atoms with Crippen LogP contribution in [0.4, 0.5) is 0 Å². The number of thioether (sulfide) groups is 1. The van der Waals surface area contributed by atoms with Gasteiger partial charge in [0, 0.05) is 58.8 Å². The number of carbonyl (C=O) groups excluding carboxylic acids is 1. The molecule has 0 atom stereocenters. The zero-order valence-electron chi connectivity index (χ0n) is 15.8. The van der Waals surface area contributed by atoms with Crippen LogP contribution in [0.15, 0.2) is 34.6 Å². The van der Waals surface area contributed by atoms with Crippen LogP contribution >= 0.6 is 47.6 Å². The molecule has 0 saturated heterocycles. The van der Waals surface area contributed by atoms with Gasteiger partial charge in [0.25, 0.3) is 0 Å². The second-order valence-corrected chi connectivity index (χ2v) is 8.23. The summed E-state index contributed by atoms with van der Waals surface area (Å²) in [6, 6.07) is 0.174. The SMILES string of the molecule is CC(C)N(C)C(=O)CSc1cncc(Cl)c1CO.OCc1c(S)cncc1Cl. The van der Waals surface area contributed by atoms with E-state index in [0.29, 0.717) is 31.8 Å². The molecule has 0 aliphatic heterocycles. The van der Waals surface area contributed by atoms with Crippen molar-refractivity contribution < 1.29 is 15.0 Å². The van der Waals surface area contributed by atoms with E-state index in [9.17, 15) is 9.90 Å². The van der Waals surface area contributed by atoms with Gasteiger partial charge in [0.05, 0.1) is 29.0 Å². The molecular weight excluding hydrogens is 441 g/mol. The van der Waals surface area contributed by atoms with Crippen molar-refractivity contribution in [1.82, 2.24) is 14.9 Å². The molecule has 0 saturated carbocycles. The second kappa shape index (κ2) is 12.5. The Morgan fingerprint density at radius 3 is 2.11 bits per heavy atom. The van der Waals surface area contributed by atoms with E-state index in [2.05, 4.69) is 22.6 Å². The molecule has 6 nitrogen and oxygen atoms in total. The van der Waals surface area contributed by atoms with Crippen molar-refractivity contribution in [3.8, 4) is 0 Å². The van der Waals surface area contributed by atoms with Gasteiger partial charge in [-0.05, 0) is 13.8 Å². The molecule has 0 unspecified atom stereocenters. The molecule has 2 rings (SSSR count). The first kappa shape index (κ1) is 25.0. The summed E-state index contributed by atoms with van der Waals surface area (Å²) in [5.74, 6) is 0.350. The number of nitrogens with zero attached hydrogens (tertiary/aromatic N) is 3. The van der Waals surface area contributed by atoms with Crippen LogP contribution in [-0.2, 0) is 18.0 Å². The van der Waals surface area contributed by atoms with E-state index < -0.39 is 0 Å². The van der Waals surface area contributed by atoms with Crippen molar-refractivity contribution in [2.45, 2.75) is 42.9 Å². The first-order valence-corrected chi connectivity index (χ1v) is 10.5. The average molecular weight is 464 g/mol. The third kappa shape index (κ3) is 7.42. The lowest BCUT2D eigenvalue weighted by molar-refractivity contribution is -0.128. The number of hydrogen-bond donors (Lipinski definition) is 3. The Balaban J connectivity index is 0.000000330. The number of thiol groups is 1. The molecule has 0 bridgehead atoms. The van der Waals surface area contributed by atoms with Crippen LogP contribution < -0.4 is 0 Å². The van der Waals surface area contributed by atoms with Gasteiger partial charge in [0.2, 0.25) is 5.91 Å². The Morgan fingerprint density at radius 2 is 1.64 bits per heavy atom. The van der Waals surface area contributed by atoms with Gasteiger partial charge < -0.3 is 15.1 Å². The van der Waals surface area contributed by atoms with Crippen molar-refractivity contribution in [2.24, 2.45) is 0 Å². The van der Waals surface area contributed by atoms with Crippen LogP contribution in [0.2, 0.25) is 10.0 Å². The van der Waals surface area contributed by atoms with E-state index in [0.717, 1.165) is 4.90 Å². The average Bonchev–Trinajstić information content (AvgIpc) is 2.66. The molecule has 154 valence electrons. The molecule has 2 N–H and O–H groups in total. The van der Waals surface area contributed by atoms with Gasteiger partial charge in [-0.2, -0.15) is 0 Å². The van der Waals surface area contributed by atoms with Crippen molar-refractivity contribution in [3.63, 3.8) is 0 Å². The zero-order valence-corrected chi connectivity index (χ0v) is 19.0. The normalized spacial score (nSPS) is 10.5. The fourth-order valence-electron chi connectivity index (χ4n) is 1.86. The molecule has 28 heavy (non-hydrogen) atoms. The third-order valence-electron chi connectivity index (χ3n) is 3.78. The molecule has 0 spiro atoms. The van der Waals surface area contributed by atoms with Crippen molar-refractivity contribution in [1.29, 1.82) is 0 Å². The predicted molar refractivity (Wildman–Crippen MR) is 116 cm³/mol. The number of amides is 1. The van der Waals surface area contributed by atoms with Gasteiger partial charge >= 0.3 is 0 Å². The topological polar surface area (TPSA) is 86.6 Å². The van der Waals surface area contributed by atoms with Crippen molar-refractivity contribution in [3.05, 3.63) is 46.0 Å². The minimum absolute atomic E-state index is 0.0406. The van der Waals surface area contributed by atoms with Gasteiger partial charge in [-0.25, -0.2) is 0 Å². The largest absolute Gasteiger partial charge is 0.392 e. The first-order chi connectivity index (χ1) is 13.2. The van der Waals surface area contributed by atoms with Gasteiger partial charge in [-0.1, -0.05) is 23.2 Å².